The summed E-state index contributed by atoms with van der Waals surface area (Å²) in [5.74, 6) is -11.5. The Morgan fingerprint density at radius 1 is 0.857 bits per heavy atom. The van der Waals surface area contributed by atoms with Gasteiger partial charge < -0.3 is 4.90 Å². The highest BCUT2D eigenvalue weighted by Crippen LogP contribution is 2.44. The van der Waals surface area contributed by atoms with Crippen molar-refractivity contribution in [3.05, 3.63) is 29.6 Å². The maximum atomic E-state index is 13.9. The number of rotatable bonds is 11. The van der Waals surface area contributed by atoms with Crippen LogP contribution in [0.4, 0.5) is 40.8 Å². The molecule has 1 atom stereocenters. The lowest BCUT2D eigenvalue weighted by atomic mass is 9.90. The van der Waals surface area contributed by atoms with Gasteiger partial charge in [-0.3, -0.25) is 0 Å². The van der Waals surface area contributed by atoms with Crippen LogP contribution in [0.5, 0.6) is 0 Å². The number of nitrogens with zero attached hydrogens (tertiary/aromatic N) is 1. The summed E-state index contributed by atoms with van der Waals surface area (Å²) in [6.07, 6.45) is -4.29. The number of hydrogen-bond donors (Lipinski definition) is 0. The van der Waals surface area contributed by atoms with Crippen LogP contribution >= 0.6 is 0 Å². The second-order valence-corrected chi connectivity index (χ2v) is 6.73. The van der Waals surface area contributed by atoms with E-state index in [4.69, 9.17) is 0 Å². The molecule has 1 aromatic rings. The minimum Gasteiger partial charge on any atom is -0.369 e. The van der Waals surface area contributed by atoms with Crippen LogP contribution in [0.15, 0.2) is 12.1 Å². The molecule has 0 heterocycles. The van der Waals surface area contributed by atoms with Gasteiger partial charge in [0.2, 0.25) is 0 Å². The maximum Gasteiger partial charge on any atom is 0.453 e. The van der Waals surface area contributed by atoms with Gasteiger partial charge in [0.05, 0.1) is 5.69 Å². The fourth-order valence-electron chi connectivity index (χ4n) is 3.08. The van der Waals surface area contributed by atoms with Crippen molar-refractivity contribution in [1.82, 2.24) is 0 Å². The highest BCUT2D eigenvalue weighted by Gasteiger charge is 2.61. The van der Waals surface area contributed by atoms with Gasteiger partial charge in [0.1, 0.15) is 0 Å². The Morgan fingerprint density at radius 2 is 1.50 bits per heavy atom. The molecule has 0 radical (unpaired) electrons. The fourth-order valence-corrected chi connectivity index (χ4v) is 3.08. The first kappa shape index (κ1) is 24.5. The van der Waals surface area contributed by atoms with Crippen molar-refractivity contribution < 1.29 is 35.1 Å². The molecule has 1 unspecified atom stereocenters. The molecule has 0 amide bonds. The number of unbranched alkanes of at least 4 members (excludes halogenated alkanes) is 3. The summed E-state index contributed by atoms with van der Waals surface area (Å²) in [5.41, 5.74) is -0.374. The van der Waals surface area contributed by atoms with Crippen molar-refractivity contribution in [2.24, 2.45) is 5.92 Å². The van der Waals surface area contributed by atoms with Gasteiger partial charge in [-0.15, -0.1) is 0 Å². The number of anilines is 1. The van der Waals surface area contributed by atoms with Gasteiger partial charge in [-0.25, -0.2) is 13.2 Å². The summed E-state index contributed by atoms with van der Waals surface area (Å²) in [7, 11) is 0. The largest absolute Gasteiger partial charge is 0.453 e. The van der Waals surface area contributed by atoms with Crippen LogP contribution in [-0.4, -0.2) is 25.2 Å². The Hall–Kier alpha value is -1.54. The van der Waals surface area contributed by atoms with Gasteiger partial charge in [-0.1, -0.05) is 32.6 Å². The SMILES string of the molecule is CCCCCCC(CCN(CC)c1ccc(F)c(F)c1F)C(F)(F)C(F)(F)F. The predicted molar refractivity (Wildman–Crippen MR) is 92.1 cm³/mol. The van der Waals surface area contributed by atoms with E-state index in [9.17, 15) is 35.1 Å². The molecule has 0 N–H and O–H groups in total. The second-order valence-electron chi connectivity index (χ2n) is 6.73. The monoisotopic (exact) mass is 419 g/mol. The number of halogens is 8. The fraction of sp³-hybridized carbons (Fsp3) is 0.684. The predicted octanol–water partition coefficient (Wildman–Crippen LogP) is 7.10. The van der Waals surface area contributed by atoms with Crippen molar-refractivity contribution >= 4 is 5.69 Å². The summed E-state index contributed by atoms with van der Waals surface area (Å²) in [6, 6.07) is 1.62. The third-order valence-corrected chi connectivity index (χ3v) is 4.78. The molecule has 0 aliphatic rings. The Morgan fingerprint density at radius 3 is 2.04 bits per heavy atom. The van der Waals surface area contributed by atoms with Gasteiger partial charge in [-0.05, 0) is 31.9 Å². The molecular weight excluding hydrogens is 394 g/mol. The quantitative estimate of drug-likeness (QED) is 0.210. The highest BCUT2D eigenvalue weighted by atomic mass is 19.4. The third-order valence-electron chi connectivity index (χ3n) is 4.78. The average Bonchev–Trinajstić information content (AvgIpc) is 2.62. The Balaban J connectivity index is 2.96. The molecule has 9 heteroatoms. The van der Waals surface area contributed by atoms with Crippen LogP contribution in [0.3, 0.4) is 0 Å². The van der Waals surface area contributed by atoms with E-state index in [1.807, 2.05) is 6.92 Å². The van der Waals surface area contributed by atoms with E-state index in [2.05, 4.69) is 0 Å². The standard InChI is InChI=1S/C19H25F8N/c1-3-5-6-7-8-13(18(23,24)19(25,26)27)11-12-28(4-2)15-10-9-14(20)16(21)17(15)22/h9-10,13H,3-8,11-12H2,1-2H3. The van der Waals surface area contributed by atoms with Crippen LogP contribution in [0, 0.1) is 23.4 Å². The van der Waals surface area contributed by atoms with Gasteiger partial charge in [0.25, 0.3) is 0 Å². The lowest BCUT2D eigenvalue weighted by Crippen LogP contribution is -2.44. The summed E-state index contributed by atoms with van der Waals surface area (Å²) < 4.78 is 107. The topological polar surface area (TPSA) is 3.24 Å². The number of alkyl halides is 5. The van der Waals surface area contributed by atoms with E-state index >= 15 is 0 Å². The Bertz CT molecular complexity index is 615. The van der Waals surface area contributed by atoms with E-state index in [0.717, 1.165) is 23.8 Å². The van der Waals surface area contributed by atoms with Crippen LogP contribution < -0.4 is 4.90 Å². The first-order valence-electron chi connectivity index (χ1n) is 9.30. The first-order chi connectivity index (χ1) is 13.0. The van der Waals surface area contributed by atoms with Crippen LogP contribution in [0.1, 0.15) is 52.4 Å². The number of hydrogen-bond acceptors (Lipinski definition) is 1. The van der Waals surface area contributed by atoms with E-state index in [1.54, 1.807) is 0 Å². The van der Waals surface area contributed by atoms with E-state index < -0.39 is 41.9 Å². The molecule has 1 rings (SSSR count). The summed E-state index contributed by atoms with van der Waals surface area (Å²) in [5, 5.41) is 0. The molecule has 28 heavy (non-hydrogen) atoms. The summed E-state index contributed by atoms with van der Waals surface area (Å²) in [6.45, 7) is 3.08. The molecule has 0 spiro atoms. The minimum absolute atomic E-state index is 0.0299. The van der Waals surface area contributed by atoms with Crippen molar-refractivity contribution in [2.45, 2.75) is 64.5 Å². The van der Waals surface area contributed by atoms with Gasteiger partial charge >= 0.3 is 12.1 Å². The maximum absolute atomic E-state index is 13.9. The van der Waals surface area contributed by atoms with Crippen molar-refractivity contribution in [2.75, 3.05) is 18.0 Å². The van der Waals surface area contributed by atoms with Crippen LogP contribution in [0.2, 0.25) is 0 Å². The number of benzene rings is 1. The van der Waals surface area contributed by atoms with E-state index in [-0.39, 0.29) is 31.6 Å². The van der Waals surface area contributed by atoms with Gasteiger partial charge in [0, 0.05) is 19.0 Å². The van der Waals surface area contributed by atoms with Crippen molar-refractivity contribution in [3.63, 3.8) is 0 Å². The second kappa shape index (κ2) is 10.3. The zero-order valence-electron chi connectivity index (χ0n) is 15.9. The molecule has 1 aromatic carbocycles. The molecule has 0 aliphatic carbocycles. The van der Waals surface area contributed by atoms with E-state index in [1.165, 1.54) is 6.92 Å². The normalized spacial score (nSPS) is 13.6. The average molecular weight is 419 g/mol. The van der Waals surface area contributed by atoms with Gasteiger partial charge in [-0.2, -0.15) is 22.0 Å². The zero-order chi connectivity index (χ0) is 21.5. The molecular formula is C19H25F8N. The minimum atomic E-state index is -5.69. The summed E-state index contributed by atoms with van der Waals surface area (Å²) in [4.78, 5) is 1.13. The Kier molecular flexibility index (Phi) is 9.01. The van der Waals surface area contributed by atoms with Crippen molar-refractivity contribution in [3.8, 4) is 0 Å². The molecule has 0 aliphatic heterocycles. The first-order valence-corrected chi connectivity index (χ1v) is 9.30. The molecule has 0 fully saturated rings. The van der Waals surface area contributed by atoms with E-state index in [0.29, 0.717) is 12.5 Å². The zero-order valence-corrected chi connectivity index (χ0v) is 15.9. The molecule has 0 saturated carbocycles. The molecule has 1 nitrogen and oxygen atoms in total. The Labute approximate surface area is 159 Å². The molecule has 0 saturated heterocycles. The van der Waals surface area contributed by atoms with Crippen molar-refractivity contribution in [1.29, 1.82) is 0 Å². The van der Waals surface area contributed by atoms with Crippen LogP contribution in [0.25, 0.3) is 0 Å². The lowest BCUT2D eigenvalue weighted by molar-refractivity contribution is -0.304. The van der Waals surface area contributed by atoms with Crippen LogP contribution in [-0.2, 0) is 0 Å². The molecule has 0 aromatic heterocycles. The third kappa shape index (κ3) is 5.98. The summed E-state index contributed by atoms with van der Waals surface area (Å²) >= 11 is 0. The van der Waals surface area contributed by atoms with Gasteiger partial charge in [0.15, 0.2) is 17.5 Å². The molecule has 0 bridgehead atoms. The lowest BCUT2D eigenvalue weighted by Gasteiger charge is -2.31. The smallest absolute Gasteiger partial charge is 0.369 e. The molecule has 162 valence electrons. The highest BCUT2D eigenvalue weighted by molar-refractivity contribution is 5.48.